The Labute approximate surface area is 93.9 Å². The van der Waals surface area contributed by atoms with Crippen LogP contribution in [0.2, 0.25) is 0 Å². The fourth-order valence-corrected chi connectivity index (χ4v) is 2.75. The van der Waals surface area contributed by atoms with Crippen LogP contribution in [0.15, 0.2) is 24.3 Å². The smallest absolute Gasteiger partial charge is 0.235 e. The minimum absolute atomic E-state index is 0.254. The normalized spacial score (nSPS) is 15.5. The number of rotatable bonds is 5. The van der Waals surface area contributed by atoms with E-state index in [1.807, 2.05) is 0 Å². The summed E-state index contributed by atoms with van der Waals surface area (Å²) in [7, 11) is -3.24. The molecule has 1 amide bonds. The number of anilines is 2. The molecule has 0 radical (unpaired) electrons. The first-order valence-corrected chi connectivity index (χ1v) is 6.48. The summed E-state index contributed by atoms with van der Waals surface area (Å²) < 4.78 is 25.8. The number of hydrogen-bond donors (Lipinski definition) is 2. The van der Waals surface area contributed by atoms with E-state index >= 15 is 0 Å². The Morgan fingerprint density at radius 3 is 2.56 bits per heavy atom. The third-order valence-corrected chi connectivity index (χ3v) is 4.18. The van der Waals surface area contributed by atoms with E-state index in [1.54, 1.807) is 24.3 Å². The summed E-state index contributed by atoms with van der Waals surface area (Å²) >= 11 is 0. The average molecular weight is 240 g/mol. The quantitative estimate of drug-likeness (QED) is 0.758. The topological polar surface area (TPSA) is 75.3 Å². The van der Waals surface area contributed by atoms with Crippen molar-refractivity contribution in [1.82, 2.24) is 0 Å². The molecule has 1 fully saturated rings. The highest BCUT2D eigenvalue weighted by atomic mass is 32.2. The van der Waals surface area contributed by atoms with Crippen LogP contribution in [0.5, 0.6) is 0 Å². The van der Waals surface area contributed by atoms with Gasteiger partial charge in [-0.15, -0.1) is 0 Å². The summed E-state index contributed by atoms with van der Waals surface area (Å²) in [5, 5.41) is 2.21. The lowest BCUT2D eigenvalue weighted by Gasteiger charge is -2.07. The van der Waals surface area contributed by atoms with Crippen LogP contribution < -0.4 is 10.0 Å². The van der Waals surface area contributed by atoms with Crippen molar-refractivity contribution in [2.75, 3.05) is 10.0 Å². The lowest BCUT2D eigenvalue weighted by molar-refractivity contribution is -0.105. The maximum absolute atomic E-state index is 11.6. The third-order valence-electron chi connectivity index (χ3n) is 2.31. The molecule has 0 spiro atoms. The lowest BCUT2D eigenvalue weighted by Crippen LogP contribution is -2.17. The highest BCUT2D eigenvalue weighted by Gasteiger charge is 2.35. The van der Waals surface area contributed by atoms with E-state index in [-0.39, 0.29) is 5.25 Å². The molecule has 2 rings (SSSR count). The van der Waals surface area contributed by atoms with Crippen LogP contribution in [0.4, 0.5) is 11.4 Å². The van der Waals surface area contributed by atoms with E-state index in [0.717, 1.165) is 12.8 Å². The number of carbonyl (C=O) groups is 1. The molecule has 1 aliphatic rings. The van der Waals surface area contributed by atoms with Gasteiger partial charge < -0.3 is 5.32 Å². The van der Waals surface area contributed by atoms with Gasteiger partial charge in [0, 0.05) is 5.69 Å². The van der Waals surface area contributed by atoms with Gasteiger partial charge in [0.2, 0.25) is 16.4 Å². The fourth-order valence-electron chi connectivity index (χ4n) is 1.37. The summed E-state index contributed by atoms with van der Waals surface area (Å²) in [5.41, 5.74) is 1.03. The summed E-state index contributed by atoms with van der Waals surface area (Å²) in [6.07, 6.45) is 2.00. The Morgan fingerprint density at radius 1 is 1.25 bits per heavy atom. The van der Waals surface area contributed by atoms with Gasteiger partial charge in [0.1, 0.15) is 0 Å². The molecule has 5 nitrogen and oxygen atoms in total. The molecule has 1 aromatic carbocycles. The summed E-state index contributed by atoms with van der Waals surface area (Å²) in [6.45, 7) is 0. The summed E-state index contributed by atoms with van der Waals surface area (Å²) in [4.78, 5) is 10.2. The number of carbonyl (C=O) groups excluding carboxylic acids is 1. The van der Waals surface area contributed by atoms with Crippen molar-refractivity contribution in [3.8, 4) is 0 Å². The molecule has 2 N–H and O–H groups in total. The van der Waals surface area contributed by atoms with E-state index in [0.29, 0.717) is 17.8 Å². The summed E-state index contributed by atoms with van der Waals surface area (Å²) in [5.74, 6) is 0. The molecule has 1 aromatic rings. The van der Waals surface area contributed by atoms with E-state index in [1.165, 1.54) is 0 Å². The first kappa shape index (κ1) is 10.9. The minimum Gasteiger partial charge on any atom is -0.329 e. The van der Waals surface area contributed by atoms with E-state index in [4.69, 9.17) is 0 Å². The Kier molecular flexibility index (Phi) is 2.82. The van der Waals surface area contributed by atoms with E-state index in [9.17, 15) is 13.2 Å². The fraction of sp³-hybridized carbons (Fsp3) is 0.300. The van der Waals surface area contributed by atoms with Crippen molar-refractivity contribution in [1.29, 1.82) is 0 Å². The molecule has 86 valence electrons. The maximum Gasteiger partial charge on any atom is 0.235 e. The van der Waals surface area contributed by atoms with Gasteiger partial charge in [0.05, 0.1) is 10.9 Å². The van der Waals surface area contributed by atoms with Gasteiger partial charge in [-0.2, -0.15) is 0 Å². The van der Waals surface area contributed by atoms with Gasteiger partial charge in [-0.3, -0.25) is 9.52 Å². The van der Waals surface area contributed by atoms with Crippen LogP contribution in [0.1, 0.15) is 12.8 Å². The van der Waals surface area contributed by atoms with Crippen LogP contribution in [0.3, 0.4) is 0 Å². The second-order valence-corrected chi connectivity index (χ2v) is 5.65. The molecule has 0 unspecified atom stereocenters. The predicted octanol–water partition coefficient (Wildman–Crippen LogP) is 1.16. The van der Waals surface area contributed by atoms with Crippen molar-refractivity contribution in [3.63, 3.8) is 0 Å². The third kappa shape index (κ3) is 2.52. The molecule has 0 heterocycles. The molecule has 0 aromatic heterocycles. The molecule has 0 saturated heterocycles. The molecule has 0 atom stereocenters. The number of sulfonamides is 1. The van der Waals surface area contributed by atoms with Gasteiger partial charge in [-0.05, 0) is 31.0 Å². The molecule has 1 saturated carbocycles. The first-order chi connectivity index (χ1) is 7.62. The van der Waals surface area contributed by atoms with Crippen LogP contribution in [-0.4, -0.2) is 20.1 Å². The number of amides is 1. The standard InChI is InChI=1S/C10H12N2O3S/c13-7-11-8-2-1-3-9(6-8)12-16(14,15)10-4-5-10/h1-3,6-7,10,12H,4-5H2,(H,11,13). The molecule has 6 heteroatoms. The molecule has 1 aliphatic carbocycles. The monoisotopic (exact) mass is 240 g/mol. The zero-order valence-corrected chi connectivity index (χ0v) is 9.33. The number of benzene rings is 1. The van der Waals surface area contributed by atoms with Crippen molar-refractivity contribution in [3.05, 3.63) is 24.3 Å². The van der Waals surface area contributed by atoms with Gasteiger partial charge in [0.15, 0.2) is 0 Å². The molecule has 16 heavy (non-hydrogen) atoms. The Balaban J connectivity index is 2.14. The van der Waals surface area contributed by atoms with Crippen molar-refractivity contribution >= 4 is 27.8 Å². The Morgan fingerprint density at radius 2 is 1.94 bits per heavy atom. The molecular formula is C10H12N2O3S. The first-order valence-electron chi connectivity index (χ1n) is 4.94. The SMILES string of the molecule is O=CNc1cccc(NS(=O)(=O)C2CC2)c1. The van der Waals surface area contributed by atoms with Gasteiger partial charge in [-0.1, -0.05) is 6.07 Å². The van der Waals surface area contributed by atoms with Gasteiger partial charge in [0.25, 0.3) is 0 Å². The molecular weight excluding hydrogens is 228 g/mol. The zero-order valence-electron chi connectivity index (χ0n) is 8.51. The predicted molar refractivity (Wildman–Crippen MR) is 61.7 cm³/mol. The number of nitrogens with one attached hydrogen (secondary N) is 2. The Bertz CT molecular complexity index is 495. The number of hydrogen-bond acceptors (Lipinski definition) is 3. The lowest BCUT2D eigenvalue weighted by atomic mass is 10.3. The Hall–Kier alpha value is -1.56. The second-order valence-electron chi connectivity index (χ2n) is 3.69. The zero-order chi connectivity index (χ0) is 11.6. The highest BCUT2D eigenvalue weighted by molar-refractivity contribution is 7.93. The van der Waals surface area contributed by atoms with E-state index in [2.05, 4.69) is 10.0 Å². The minimum atomic E-state index is -3.24. The average Bonchev–Trinajstić information content (AvgIpc) is 3.01. The van der Waals surface area contributed by atoms with Crippen LogP contribution in [0.25, 0.3) is 0 Å². The highest BCUT2D eigenvalue weighted by Crippen LogP contribution is 2.30. The van der Waals surface area contributed by atoms with Gasteiger partial charge in [-0.25, -0.2) is 8.42 Å². The maximum atomic E-state index is 11.6. The molecule has 0 bridgehead atoms. The summed E-state index contributed by atoms with van der Waals surface area (Å²) in [6, 6.07) is 6.59. The van der Waals surface area contributed by atoms with Gasteiger partial charge >= 0.3 is 0 Å². The van der Waals surface area contributed by atoms with Crippen LogP contribution in [0, 0.1) is 0 Å². The van der Waals surface area contributed by atoms with Crippen molar-refractivity contribution in [2.24, 2.45) is 0 Å². The van der Waals surface area contributed by atoms with E-state index < -0.39 is 10.0 Å². The van der Waals surface area contributed by atoms with Crippen molar-refractivity contribution in [2.45, 2.75) is 18.1 Å². The van der Waals surface area contributed by atoms with Crippen LogP contribution in [-0.2, 0) is 14.8 Å². The molecule has 0 aliphatic heterocycles. The van der Waals surface area contributed by atoms with Crippen LogP contribution >= 0.6 is 0 Å². The second kappa shape index (κ2) is 4.13. The van der Waals surface area contributed by atoms with Crippen molar-refractivity contribution < 1.29 is 13.2 Å². The largest absolute Gasteiger partial charge is 0.329 e.